The Labute approximate surface area is 75.5 Å². The second-order valence-corrected chi connectivity index (χ2v) is 3.20. The van der Waals surface area contributed by atoms with Crippen LogP contribution in [0.1, 0.15) is 17.3 Å². The molecule has 0 aromatic carbocycles. The number of aromatic amines is 2. The maximum atomic E-state index is 11.1. The molecule has 72 valence electrons. The number of aromatic nitrogens is 2. The molecule has 0 radical (unpaired) electrons. The number of morpholine rings is 1. The molecular weight excluding hydrogens is 170 g/mol. The summed E-state index contributed by atoms with van der Waals surface area (Å²) in [5.41, 5.74) is 1.59. The molecule has 1 aliphatic heterocycles. The summed E-state index contributed by atoms with van der Waals surface area (Å²) in [6, 6.07) is 0.118. The SMILES string of the molecule is Cc1c(C2COCCN2)[nH][nH]c1=O. The molecule has 0 bridgehead atoms. The van der Waals surface area contributed by atoms with Crippen molar-refractivity contribution < 1.29 is 4.74 Å². The van der Waals surface area contributed by atoms with E-state index in [2.05, 4.69) is 15.5 Å². The number of hydrogen-bond acceptors (Lipinski definition) is 3. The molecule has 1 aromatic heterocycles. The molecule has 0 spiro atoms. The van der Waals surface area contributed by atoms with Crippen molar-refractivity contribution in [3.63, 3.8) is 0 Å². The lowest BCUT2D eigenvalue weighted by molar-refractivity contribution is 0.0754. The summed E-state index contributed by atoms with van der Waals surface area (Å²) in [7, 11) is 0. The van der Waals surface area contributed by atoms with E-state index in [1.807, 2.05) is 0 Å². The number of ether oxygens (including phenoxy) is 1. The van der Waals surface area contributed by atoms with Crippen molar-refractivity contribution in [2.45, 2.75) is 13.0 Å². The average molecular weight is 183 g/mol. The molecule has 1 fully saturated rings. The van der Waals surface area contributed by atoms with Crippen LogP contribution in [0.2, 0.25) is 0 Å². The first-order valence-corrected chi connectivity index (χ1v) is 4.37. The zero-order valence-corrected chi connectivity index (χ0v) is 7.52. The summed E-state index contributed by atoms with van der Waals surface area (Å²) in [6.45, 7) is 4.00. The summed E-state index contributed by atoms with van der Waals surface area (Å²) in [6.07, 6.45) is 0. The van der Waals surface area contributed by atoms with Crippen molar-refractivity contribution in [1.29, 1.82) is 0 Å². The van der Waals surface area contributed by atoms with Gasteiger partial charge < -0.3 is 15.2 Å². The maximum Gasteiger partial charge on any atom is 0.267 e. The van der Waals surface area contributed by atoms with Gasteiger partial charge in [-0.25, -0.2) is 0 Å². The van der Waals surface area contributed by atoms with Gasteiger partial charge in [-0.05, 0) is 6.92 Å². The van der Waals surface area contributed by atoms with Crippen LogP contribution in [0.4, 0.5) is 0 Å². The van der Waals surface area contributed by atoms with E-state index in [4.69, 9.17) is 4.74 Å². The smallest absolute Gasteiger partial charge is 0.267 e. The summed E-state index contributed by atoms with van der Waals surface area (Å²) in [5, 5.41) is 8.70. The summed E-state index contributed by atoms with van der Waals surface area (Å²) < 4.78 is 5.30. The van der Waals surface area contributed by atoms with Gasteiger partial charge in [0, 0.05) is 12.1 Å². The number of rotatable bonds is 1. The predicted octanol–water partition coefficient (Wildman–Crippen LogP) is -0.328. The zero-order chi connectivity index (χ0) is 9.26. The van der Waals surface area contributed by atoms with Gasteiger partial charge in [0.1, 0.15) is 0 Å². The fraction of sp³-hybridized carbons (Fsp3) is 0.625. The van der Waals surface area contributed by atoms with Crippen LogP contribution in [-0.2, 0) is 4.74 Å². The summed E-state index contributed by atoms with van der Waals surface area (Å²) >= 11 is 0. The Bertz CT molecular complexity index is 335. The Morgan fingerprint density at radius 2 is 2.31 bits per heavy atom. The van der Waals surface area contributed by atoms with Gasteiger partial charge in [0.15, 0.2) is 0 Å². The van der Waals surface area contributed by atoms with Crippen LogP contribution in [0.3, 0.4) is 0 Å². The molecule has 1 aromatic rings. The van der Waals surface area contributed by atoms with Gasteiger partial charge in [0.2, 0.25) is 0 Å². The first kappa shape index (κ1) is 8.52. The predicted molar refractivity (Wildman–Crippen MR) is 47.7 cm³/mol. The minimum absolute atomic E-state index is 0.0534. The minimum Gasteiger partial charge on any atom is -0.378 e. The first-order valence-electron chi connectivity index (χ1n) is 4.37. The Balaban J connectivity index is 2.23. The quantitative estimate of drug-likeness (QED) is 0.558. The lowest BCUT2D eigenvalue weighted by Gasteiger charge is -2.23. The van der Waals surface area contributed by atoms with Crippen LogP contribution in [0, 0.1) is 6.92 Å². The van der Waals surface area contributed by atoms with E-state index in [1.54, 1.807) is 6.92 Å². The maximum absolute atomic E-state index is 11.1. The normalized spacial score (nSPS) is 23.3. The van der Waals surface area contributed by atoms with Crippen molar-refractivity contribution in [3.8, 4) is 0 Å². The molecule has 0 amide bonds. The third-order valence-corrected chi connectivity index (χ3v) is 2.33. The molecule has 5 nitrogen and oxygen atoms in total. The largest absolute Gasteiger partial charge is 0.378 e. The average Bonchev–Trinajstić information content (AvgIpc) is 2.49. The van der Waals surface area contributed by atoms with Crippen LogP contribution in [0.5, 0.6) is 0 Å². The number of hydrogen-bond donors (Lipinski definition) is 3. The second kappa shape index (κ2) is 3.35. The lowest BCUT2D eigenvalue weighted by Crippen LogP contribution is -2.35. The minimum atomic E-state index is -0.0534. The van der Waals surface area contributed by atoms with E-state index >= 15 is 0 Å². The van der Waals surface area contributed by atoms with Gasteiger partial charge in [0.25, 0.3) is 5.56 Å². The molecule has 1 saturated heterocycles. The fourth-order valence-electron chi connectivity index (χ4n) is 1.53. The lowest BCUT2D eigenvalue weighted by atomic mass is 10.1. The van der Waals surface area contributed by atoms with Gasteiger partial charge in [-0.1, -0.05) is 0 Å². The highest BCUT2D eigenvalue weighted by Crippen LogP contribution is 2.13. The van der Waals surface area contributed by atoms with Crippen LogP contribution in [0.15, 0.2) is 4.79 Å². The molecular formula is C8H13N3O2. The van der Waals surface area contributed by atoms with Crippen LogP contribution < -0.4 is 10.9 Å². The van der Waals surface area contributed by atoms with Crippen LogP contribution >= 0.6 is 0 Å². The van der Waals surface area contributed by atoms with Crippen molar-refractivity contribution in [2.75, 3.05) is 19.8 Å². The zero-order valence-electron chi connectivity index (χ0n) is 7.52. The van der Waals surface area contributed by atoms with E-state index in [-0.39, 0.29) is 11.6 Å². The van der Waals surface area contributed by atoms with E-state index < -0.39 is 0 Å². The highest BCUT2D eigenvalue weighted by Gasteiger charge is 2.19. The Hall–Kier alpha value is -1.07. The molecule has 3 N–H and O–H groups in total. The van der Waals surface area contributed by atoms with Crippen LogP contribution in [0.25, 0.3) is 0 Å². The van der Waals surface area contributed by atoms with E-state index in [0.29, 0.717) is 6.61 Å². The molecule has 1 atom stereocenters. The highest BCUT2D eigenvalue weighted by molar-refractivity contribution is 5.18. The van der Waals surface area contributed by atoms with Gasteiger partial charge >= 0.3 is 0 Å². The first-order chi connectivity index (χ1) is 6.29. The van der Waals surface area contributed by atoms with Crippen LogP contribution in [-0.4, -0.2) is 30.0 Å². The molecule has 13 heavy (non-hydrogen) atoms. The third-order valence-electron chi connectivity index (χ3n) is 2.33. The number of nitrogens with one attached hydrogen (secondary N) is 3. The van der Waals surface area contributed by atoms with Crippen molar-refractivity contribution in [3.05, 3.63) is 21.6 Å². The highest BCUT2D eigenvalue weighted by atomic mass is 16.5. The number of H-pyrrole nitrogens is 2. The fourth-order valence-corrected chi connectivity index (χ4v) is 1.53. The second-order valence-electron chi connectivity index (χ2n) is 3.20. The summed E-state index contributed by atoms with van der Waals surface area (Å²) in [5.74, 6) is 0. The van der Waals surface area contributed by atoms with Gasteiger partial charge in [-0.2, -0.15) is 0 Å². The molecule has 2 heterocycles. The molecule has 1 unspecified atom stereocenters. The standard InChI is InChI=1S/C8H13N3O2/c1-5-7(10-11-8(5)12)6-4-13-3-2-9-6/h6,9H,2-4H2,1H3,(H2,10,11,12). The van der Waals surface area contributed by atoms with Gasteiger partial charge in [-0.15, -0.1) is 0 Å². The molecule has 0 aliphatic carbocycles. The van der Waals surface area contributed by atoms with E-state index in [0.717, 1.165) is 24.4 Å². The monoisotopic (exact) mass is 183 g/mol. The van der Waals surface area contributed by atoms with Crippen molar-refractivity contribution >= 4 is 0 Å². The van der Waals surface area contributed by atoms with Crippen molar-refractivity contribution in [2.24, 2.45) is 0 Å². The Morgan fingerprint density at radius 1 is 1.46 bits per heavy atom. The van der Waals surface area contributed by atoms with Crippen molar-refractivity contribution in [1.82, 2.24) is 15.5 Å². The third kappa shape index (κ3) is 1.52. The Kier molecular flexibility index (Phi) is 2.20. The molecule has 1 aliphatic rings. The molecule has 5 heteroatoms. The van der Waals surface area contributed by atoms with Gasteiger partial charge in [0.05, 0.1) is 24.9 Å². The molecule has 2 rings (SSSR count). The summed E-state index contributed by atoms with van der Waals surface area (Å²) in [4.78, 5) is 11.1. The van der Waals surface area contributed by atoms with E-state index in [9.17, 15) is 4.79 Å². The molecule has 0 saturated carbocycles. The topological polar surface area (TPSA) is 69.9 Å². The Morgan fingerprint density at radius 3 is 2.85 bits per heavy atom. The van der Waals surface area contributed by atoms with E-state index in [1.165, 1.54) is 0 Å². The van der Waals surface area contributed by atoms with Gasteiger partial charge in [-0.3, -0.25) is 9.89 Å².